The molecule has 0 saturated heterocycles. The van der Waals surface area contributed by atoms with Gasteiger partial charge in [-0.05, 0) is 24.9 Å². The van der Waals surface area contributed by atoms with Crippen LogP contribution in [0.15, 0.2) is 18.3 Å². The second-order valence-electron chi connectivity index (χ2n) is 5.14. The summed E-state index contributed by atoms with van der Waals surface area (Å²) in [5, 5.41) is 3.46. The summed E-state index contributed by atoms with van der Waals surface area (Å²) in [5.74, 6) is 4.38. The Kier molecular flexibility index (Phi) is 6.99. The van der Waals surface area contributed by atoms with Crippen LogP contribution in [0.2, 0.25) is 0 Å². The highest BCUT2D eigenvalue weighted by Gasteiger charge is 2.10. The van der Waals surface area contributed by atoms with E-state index in [2.05, 4.69) is 48.0 Å². The average molecular weight is 259 g/mol. The van der Waals surface area contributed by atoms with Crippen LogP contribution in [0.25, 0.3) is 0 Å². The molecular formula is C16H25N3. The number of pyridine rings is 1. The Morgan fingerprint density at radius 3 is 2.89 bits per heavy atom. The van der Waals surface area contributed by atoms with Crippen molar-refractivity contribution >= 4 is 5.82 Å². The molecule has 1 aromatic rings. The molecule has 3 heteroatoms. The van der Waals surface area contributed by atoms with E-state index < -0.39 is 0 Å². The quantitative estimate of drug-likeness (QED) is 0.728. The fourth-order valence-corrected chi connectivity index (χ4v) is 1.99. The lowest BCUT2D eigenvalue weighted by molar-refractivity contribution is 0.551. The number of rotatable bonds is 8. The fraction of sp³-hybridized carbons (Fsp3) is 0.562. The molecule has 19 heavy (non-hydrogen) atoms. The van der Waals surface area contributed by atoms with E-state index in [1.54, 1.807) is 0 Å². The molecule has 0 atom stereocenters. The third-order valence-corrected chi connectivity index (χ3v) is 2.81. The van der Waals surface area contributed by atoms with Crippen LogP contribution in [0, 0.1) is 18.3 Å². The van der Waals surface area contributed by atoms with Gasteiger partial charge in [0.05, 0.1) is 6.54 Å². The van der Waals surface area contributed by atoms with Crippen molar-refractivity contribution in [2.24, 2.45) is 5.92 Å². The van der Waals surface area contributed by atoms with Gasteiger partial charge < -0.3 is 10.2 Å². The summed E-state index contributed by atoms with van der Waals surface area (Å²) in [5.41, 5.74) is 1.21. The number of hydrogen-bond donors (Lipinski definition) is 1. The van der Waals surface area contributed by atoms with Crippen LogP contribution in [0.5, 0.6) is 0 Å². The van der Waals surface area contributed by atoms with E-state index >= 15 is 0 Å². The molecule has 0 aromatic carbocycles. The van der Waals surface area contributed by atoms with Crippen molar-refractivity contribution in [2.75, 3.05) is 24.5 Å². The first-order valence-electron chi connectivity index (χ1n) is 7.02. The SMILES string of the molecule is C#CCN(CCC)c1ncccc1CNCC(C)C. The molecule has 1 rings (SSSR count). The van der Waals surface area contributed by atoms with Gasteiger partial charge in [0.1, 0.15) is 5.82 Å². The Balaban J connectivity index is 2.78. The Bertz CT molecular complexity index is 407. The van der Waals surface area contributed by atoms with Gasteiger partial charge in [0.25, 0.3) is 0 Å². The van der Waals surface area contributed by atoms with Gasteiger partial charge in [-0.25, -0.2) is 4.98 Å². The van der Waals surface area contributed by atoms with Crippen LogP contribution in [0.1, 0.15) is 32.8 Å². The van der Waals surface area contributed by atoms with Crippen molar-refractivity contribution in [3.8, 4) is 12.3 Å². The van der Waals surface area contributed by atoms with E-state index in [0.29, 0.717) is 12.5 Å². The normalized spacial score (nSPS) is 10.5. The molecular weight excluding hydrogens is 234 g/mol. The van der Waals surface area contributed by atoms with Gasteiger partial charge in [-0.2, -0.15) is 0 Å². The van der Waals surface area contributed by atoms with E-state index in [1.165, 1.54) is 5.56 Å². The summed E-state index contributed by atoms with van der Waals surface area (Å²) in [6.45, 7) is 9.98. The molecule has 0 aliphatic carbocycles. The first-order chi connectivity index (χ1) is 9.19. The fourth-order valence-electron chi connectivity index (χ4n) is 1.99. The molecule has 0 fully saturated rings. The van der Waals surface area contributed by atoms with Crippen molar-refractivity contribution < 1.29 is 0 Å². The number of nitrogens with zero attached hydrogens (tertiary/aromatic N) is 2. The lowest BCUT2D eigenvalue weighted by atomic mass is 10.2. The standard InChI is InChI=1S/C16H25N3/c1-5-10-19(11-6-2)16-15(8-7-9-18-16)13-17-12-14(3)4/h1,7-9,14,17H,6,10-13H2,2-4H3. The van der Waals surface area contributed by atoms with Crippen molar-refractivity contribution in [1.82, 2.24) is 10.3 Å². The number of nitrogens with one attached hydrogen (secondary N) is 1. The van der Waals surface area contributed by atoms with Crippen molar-refractivity contribution in [2.45, 2.75) is 33.7 Å². The molecule has 1 aromatic heterocycles. The minimum absolute atomic E-state index is 0.613. The molecule has 0 aliphatic heterocycles. The van der Waals surface area contributed by atoms with Crippen LogP contribution in [0.4, 0.5) is 5.82 Å². The largest absolute Gasteiger partial charge is 0.345 e. The van der Waals surface area contributed by atoms with E-state index in [-0.39, 0.29) is 0 Å². The van der Waals surface area contributed by atoms with Gasteiger partial charge in [0.15, 0.2) is 0 Å². The van der Waals surface area contributed by atoms with Gasteiger partial charge in [-0.1, -0.05) is 32.8 Å². The second kappa shape index (κ2) is 8.55. The Labute approximate surface area is 117 Å². The van der Waals surface area contributed by atoms with Gasteiger partial charge in [0, 0.05) is 24.8 Å². The highest BCUT2D eigenvalue weighted by Crippen LogP contribution is 2.17. The van der Waals surface area contributed by atoms with E-state index in [4.69, 9.17) is 6.42 Å². The second-order valence-corrected chi connectivity index (χ2v) is 5.14. The number of terminal acetylenes is 1. The maximum Gasteiger partial charge on any atom is 0.133 e. The van der Waals surface area contributed by atoms with Crippen molar-refractivity contribution in [1.29, 1.82) is 0 Å². The predicted octanol–water partition coefficient (Wildman–Crippen LogP) is 2.68. The molecule has 1 N–H and O–H groups in total. The first kappa shape index (κ1) is 15.5. The van der Waals surface area contributed by atoms with Crippen LogP contribution >= 0.6 is 0 Å². The third kappa shape index (κ3) is 5.32. The maximum atomic E-state index is 5.45. The van der Waals surface area contributed by atoms with Crippen molar-refractivity contribution in [3.63, 3.8) is 0 Å². The monoisotopic (exact) mass is 259 g/mol. The molecule has 1 heterocycles. The lowest BCUT2D eigenvalue weighted by Gasteiger charge is -2.23. The Morgan fingerprint density at radius 1 is 1.47 bits per heavy atom. The molecule has 3 nitrogen and oxygen atoms in total. The minimum atomic E-state index is 0.613. The van der Waals surface area contributed by atoms with Gasteiger partial charge >= 0.3 is 0 Å². The van der Waals surface area contributed by atoms with E-state index in [9.17, 15) is 0 Å². The maximum absolute atomic E-state index is 5.45. The average Bonchev–Trinajstić information content (AvgIpc) is 2.39. The van der Waals surface area contributed by atoms with Gasteiger partial charge in [-0.3, -0.25) is 0 Å². The lowest BCUT2D eigenvalue weighted by Crippen LogP contribution is -2.28. The third-order valence-electron chi connectivity index (χ3n) is 2.81. The van der Waals surface area contributed by atoms with Gasteiger partial charge in [0.2, 0.25) is 0 Å². The summed E-state index contributed by atoms with van der Waals surface area (Å²) in [4.78, 5) is 6.68. The molecule has 0 radical (unpaired) electrons. The molecule has 104 valence electrons. The molecule has 0 bridgehead atoms. The molecule has 0 amide bonds. The van der Waals surface area contributed by atoms with Crippen molar-refractivity contribution in [3.05, 3.63) is 23.9 Å². The highest BCUT2D eigenvalue weighted by atomic mass is 15.2. The van der Waals surface area contributed by atoms with Gasteiger partial charge in [-0.15, -0.1) is 6.42 Å². The Hall–Kier alpha value is -1.53. The zero-order chi connectivity index (χ0) is 14.1. The smallest absolute Gasteiger partial charge is 0.133 e. The summed E-state index contributed by atoms with van der Waals surface area (Å²) in [7, 11) is 0. The Morgan fingerprint density at radius 2 is 2.26 bits per heavy atom. The summed E-state index contributed by atoms with van der Waals surface area (Å²) in [6, 6.07) is 4.10. The number of aromatic nitrogens is 1. The zero-order valence-corrected chi connectivity index (χ0v) is 12.3. The van der Waals surface area contributed by atoms with Crippen LogP contribution in [0.3, 0.4) is 0 Å². The first-order valence-corrected chi connectivity index (χ1v) is 7.02. The molecule has 0 unspecified atom stereocenters. The highest BCUT2D eigenvalue weighted by molar-refractivity contribution is 5.47. The molecule has 0 saturated carbocycles. The van der Waals surface area contributed by atoms with Crippen LogP contribution in [-0.4, -0.2) is 24.6 Å². The van der Waals surface area contributed by atoms with Crippen LogP contribution < -0.4 is 10.2 Å². The van der Waals surface area contributed by atoms with E-state index in [1.807, 2.05) is 12.3 Å². The summed E-state index contributed by atoms with van der Waals surface area (Å²) in [6.07, 6.45) is 8.35. The predicted molar refractivity (Wildman–Crippen MR) is 82.1 cm³/mol. The molecule has 0 spiro atoms. The van der Waals surface area contributed by atoms with E-state index in [0.717, 1.165) is 31.9 Å². The topological polar surface area (TPSA) is 28.2 Å². The summed E-state index contributed by atoms with van der Waals surface area (Å²) < 4.78 is 0. The molecule has 0 aliphatic rings. The zero-order valence-electron chi connectivity index (χ0n) is 12.3. The number of anilines is 1. The number of hydrogen-bond acceptors (Lipinski definition) is 3. The minimum Gasteiger partial charge on any atom is -0.345 e. The van der Waals surface area contributed by atoms with Crippen LogP contribution in [-0.2, 0) is 6.54 Å². The summed E-state index contributed by atoms with van der Waals surface area (Å²) >= 11 is 0.